The summed E-state index contributed by atoms with van der Waals surface area (Å²) in [6.07, 6.45) is 6.71. The maximum atomic E-state index is 5.68. The quantitative estimate of drug-likeness (QED) is 0.816. The summed E-state index contributed by atoms with van der Waals surface area (Å²) in [5, 5.41) is 0. The van der Waals surface area contributed by atoms with Gasteiger partial charge in [-0.2, -0.15) is 0 Å². The van der Waals surface area contributed by atoms with E-state index in [9.17, 15) is 0 Å². The third-order valence-electron chi connectivity index (χ3n) is 7.42. The molecule has 6 heteroatoms. The number of fused-ring (bicyclic) bond motifs is 3. The van der Waals surface area contributed by atoms with E-state index in [1.165, 1.54) is 37.2 Å². The van der Waals surface area contributed by atoms with E-state index in [0.717, 1.165) is 37.1 Å². The number of benzene rings is 1. The van der Waals surface area contributed by atoms with Crippen molar-refractivity contribution in [2.45, 2.75) is 50.9 Å². The predicted molar refractivity (Wildman–Crippen MR) is 105 cm³/mol. The molecule has 0 N–H and O–H groups in total. The third-order valence-corrected chi connectivity index (χ3v) is 7.42. The molecule has 2 aromatic rings. The highest BCUT2D eigenvalue weighted by atomic mass is 16.7. The maximum Gasteiger partial charge on any atom is 0.231 e. The van der Waals surface area contributed by atoms with E-state index < -0.39 is 0 Å². The molecule has 1 aromatic heterocycles. The summed E-state index contributed by atoms with van der Waals surface area (Å²) in [4.78, 5) is 9.91. The lowest BCUT2D eigenvalue weighted by atomic mass is 9.75. The zero-order valence-electron chi connectivity index (χ0n) is 16.5. The normalized spacial score (nSPS) is 33.4. The van der Waals surface area contributed by atoms with Gasteiger partial charge >= 0.3 is 0 Å². The first-order chi connectivity index (χ1) is 13.8. The lowest BCUT2D eigenvalue weighted by molar-refractivity contribution is -0.00921. The van der Waals surface area contributed by atoms with Gasteiger partial charge in [0.2, 0.25) is 6.79 Å². The van der Waals surface area contributed by atoms with Crippen molar-refractivity contribution in [1.29, 1.82) is 0 Å². The molecule has 6 heterocycles. The molecule has 28 heavy (non-hydrogen) atoms. The molecule has 0 amide bonds. The number of imidazole rings is 1. The van der Waals surface area contributed by atoms with Gasteiger partial charge in [-0.25, -0.2) is 4.98 Å². The van der Waals surface area contributed by atoms with Gasteiger partial charge in [0.1, 0.15) is 0 Å². The van der Waals surface area contributed by atoms with E-state index in [1.807, 2.05) is 12.5 Å². The first-order valence-electron chi connectivity index (χ1n) is 10.7. The fourth-order valence-corrected chi connectivity index (χ4v) is 6.13. The molecule has 5 aliphatic rings. The van der Waals surface area contributed by atoms with E-state index in [-0.39, 0.29) is 0 Å². The molecule has 148 valence electrons. The summed E-state index contributed by atoms with van der Waals surface area (Å²) in [5.41, 5.74) is 2.74. The maximum absolute atomic E-state index is 5.68. The number of hydrogen-bond donors (Lipinski definition) is 0. The number of piperidine rings is 3. The van der Waals surface area contributed by atoms with Crippen LogP contribution in [-0.2, 0) is 13.1 Å². The highest BCUT2D eigenvalue weighted by molar-refractivity contribution is 5.46. The molecule has 7 rings (SSSR count). The van der Waals surface area contributed by atoms with Gasteiger partial charge in [-0.3, -0.25) is 9.80 Å². The van der Waals surface area contributed by atoms with Gasteiger partial charge in [0.15, 0.2) is 11.5 Å². The topological polar surface area (TPSA) is 42.8 Å². The Hall–Kier alpha value is -2.05. The third kappa shape index (κ3) is 2.51. The Kier molecular flexibility index (Phi) is 3.91. The number of ether oxygens (including phenoxy) is 2. The molecule has 6 nitrogen and oxygen atoms in total. The highest BCUT2D eigenvalue weighted by Gasteiger charge is 2.53. The monoisotopic (exact) mass is 380 g/mol. The molecule has 4 saturated heterocycles. The first kappa shape index (κ1) is 16.9. The van der Waals surface area contributed by atoms with E-state index in [1.54, 1.807) is 0 Å². The Balaban J connectivity index is 1.34. The minimum absolute atomic E-state index is 0.344. The second-order valence-corrected chi connectivity index (χ2v) is 8.67. The first-order valence-corrected chi connectivity index (χ1v) is 10.7. The number of rotatable bonds is 4. The van der Waals surface area contributed by atoms with E-state index in [4.69, 9.17) is 9.47 Å². The lowest BCUT2D eigenvalue weighted by Crippen LogP contribution is -2.60. The second kappa shape index (κ2) is 6.49. The van der Waals surface area contributed by atoms with Crippen molar-refractivity contribution in [1.82, 2.24) is 19.4 Å². The smallest absolute Gasteiger partial charge is 0.231 e. The van der Waals surface area contributed by atoms with Gasteiger partial charge < -0.3 is 14.0 Å². The predicted octanol–water partition coefficient (Wildman–Crippen LogP) is 2.69. The second-order valence-electron chi connectivity index (χ2n) is 8.67. The number of aromatic nitrogens is 2. The largest absolute Gasteiger partial charge is 0.454 e. The summed E-state index contributed by atoms with van der Waals surface area (Å²) in [7, 11) is 0. The molecule has 0 radical (unpaired) electrons. The summed E-state index contributed by atoms with van der Waals surface area (Å²) in [5.74, 6) is 3.15. The Labute approximate surface area is 166 Å². The van der Waals surface area contributed by atoms with Crippen molar-refractivity contribution in [3.63, 3.8) is 0 Å². The summed E-state index contributed by atoms with van der Waals surface area (Å²) < 4.78 is 13.5. The van der Waals surface area contributed by atoms with Crippen molar-refractivity contribution in [2.75, 3.05) is 26.4 Å². The standard InChI is InChI=1S/C22H28N4O2/c1-2-24-13-23-10-17(24)11-26-12-18(16-3-4-19-20(9-16)28-14-27-19)22-21(26)15-5-7-25(22)8-6-15/h3-4,9-10,13,15,18,21-22H,2,5-8,11-12,14H2,1H3/t18-,21+,22+/m1/s1. The average Bonchev–Trinajstić information content (AvgIpc) is 3.47. The number of hydrogen-bond acceptors (Lipinski definition) is 5. The number of likely N-dealkylation sites (tertiary alicyclic amines) is 1. The summed E-state index contributed by atoms with van der Waals surface area (Å²) >= 11 is 0. The average molecular weight is 380 g/mol. The minimum Gasteiger partial charge on any atom is -0.454 e. The molecule has 0 aliphatic carbocycles. The van der Waals surface area contributed by atoms with Gasteiger partial charge in [0.05, 0.1) is 12.0 Å². The molecule has 3 atom stereocenters. The zero-order valence-corrected chi connectivity index (χ0v) is 16.5. The minimum atomic E-state index is 0.344. The zero-order chi connectivity index (χ0) is 18.7. The molecule has 5 aliphatic heterocycles. The summed E-state index contributed by atoms with van der Waals surface area (Å²) in [6.45, 7) is 8.15. The van der Waals surface area contributed by atoms with Crippen LogP contribution in [0, 0.1) is 5.92 Å². The van der Waals surface area contributed by atoms with Gasteiger partial charge in [0.25, 0.3) is 0 Å². The molecular formula is C22H28N4O2. The van der Waals surface area contributed by atoms with Crippen LogP contribution in [0.5, 0.6) is 11.5 Å². The molecule has 2 bridgehead atoms. The molecule has 0 saturated carbocycles. The Morgan fingerprint density at radius 1 is 1.11 bits per heavy atom. The van der Waals surface area contributed by atoms with Crippen molar-refractivity contribution in [3.05, 3.63) is 42.0 Å². The van der Waals surface area contributed by atoms with Gasteiger partial charge in [-0.15, -0.1) is 0 Å². The SMILES string of the molecule is CCn1cncc1CN1C[C@H](c2ccc3c(c2)OCO3)[C@H]2[C@@H]1C1CCN2CC1. The van der Waals surface area contributed by atoms with Crippen LogP contribution in [0.15, 0.2) is 30.7 Å². The van der Waals surface area contributed by atoms with Crippen molar-refractivity contribution in [2.24, 2.45) is 5.92 Å². The fraction of sp³-hybridized carbons (Fsp3) is 0.591. The lowest BCUT2D eigenvalue weighted by Gasteiger charge is -2.51. The Bertz CT molecular complexity index is 873. The van der Waals surface area contributed by atoms with E-state index in [2.05, 4.69) is 44.5 Å². The van der Waals surface area contributed by atoms with Gasteiger partial charge in [-0.05, 0) is 56.5 Å². The number of aryl methyl sites for hydroxylation is 1. The summed E-state index contributed by atoms with van der Waals surface area (Å²) in [6, 6.07) is 7.85. The van der Waals surface area contributed by atoms with Crippen LogP contribution >= 0.6 is 0 Å². The van der Waals surface area contributed by atoms with Crippen LogP contribution in [0.1, 0.15) is 36.9 Å². The Morgan fingerprint density at radius 3 is 2.82 bits per heavy atom. The van der Waals surface area contributed by atoms with Gasteiger partial charge in [-0.1, -0.05) is 6.07 Å². The fourth-order valence-electron chi connectivity index (χ4n) is 6.13. The molecular weight excluding hydrogens is 352 g/mol. The molecule has 0 unspecified atom stereocenters. The van der Waals surface area contributed by atoms with Crippen LogP contribution in [-0.4, -0.2) is 57.9 Å². The van der Waals surface area contributed by atoms with Crippen molar-refractivity contribution >= 4 is 0 Å². The molecule has 0 spiro atoms. The Morgan fingerprint density at radius 2 is 1.96 bits per heavy atom. The van der Waals surface area contributed by atoms with E-state index >= 15 is 0 Å². The van der Waals surface area contributed by atoms with Crippen LogP contribution in [0.25, 0.3) is 0 Å². The van der Waals surface area contributed by atoms with Crippen LogP contribution in [0.4, 0.5) is 0 Å². The van der Waals surface area contributed by atoms with Crippen molar-refractivity contribution in [3.8, 4) is 11.5 Å². The van der Waals surface area contributed by atoms with Crippen molar-refractivity contribution < 1.29 is 9.47 Å². The van der Waals surface area contributed by atoms with Crippen LogP contribution in [0.2, 0.25) is 0 Å². The van der Waals surface area contributed by atoms with Crippen LogP contribution < -0.4 is 9.47 Å². The van der Waals surface area contributed by atoms with Gasteiger partial charge in [0, 0.05) is 43.8 Å². The molecule has 1 aromatic carbocycles. The van der Waals surface area contributed by atoms with Crippen LogP contribution in [0.3, 0.4) is 0 Å². The number of nitrogens with zero attached hydrogens (tertiary/aromatic N) is 4. The highest BCUT2D eigenvalue weighted by Crippen LogP contribution is 2.48. The van der Waals surface area contributed by atoms with E-state index in [0.29, 0.717) is 24.8 Å². The molecule has 4 fully saturated rings.